The standard InChI is InChI=1S/C10H20N2OS/c1-5-8(9(11)14)10(13)12-7(4)6(2)3/h6-8H,5H2,1-4H3,(H2,11,14)(H,12,13). The monoisotopic (exact) mass is 216 g/mol. The first-order valence-electron chi connectivity index (χ1n) is 4.99. The topological polar surface area (TPSA) is 55.1 Å². The van der Waals surface area contributed by atoms with E-state index in [-0.39, 0.29) is 22.9 Å². The lowest BCUT2D eigenvalue weighted by molar-refractivity contribution is -0.123. The predicted molar refractivity (Wildman–Crippen MR) is 63.0 cm³/mol. The van der Waals surface area contributed by atoms with E-state index in [1.807, 2.05) is 13.8 Å². The summed E-state index contributed by atoms with van der Waals surface area (Å²) in [5, 5.41) is 2.91. The Kier molecular flexibility index (Phi) is 5.69. The molecule has 0 aromatic carbocycles. The molecule has 0 spiro atoms. The molecule has 0 bridgehead atoms. The Morgan fingerprint density at radius 3 is 2.21 bits per heavy atom. The zero-order valence-electron chi connectivity index (χ0n) is 9.33. The van der Waals surface area contributed by atoms with Crippen molar-refractivity contribution < 1.29 is 4.79 Å². The molecule has 2 atom stereocenters. The van der Waals surface area contributed by atoms with Crippen molar-refractivity contribution in [2.24, 2.45) is 17.6 Å². The van der Waals surface area contributed by atoms with Crippen LogP contribution in [0.3, 0.4) is 0 Å². The molecule has 0 heterocycles. The lowest BCUT2D eigenvalue weighted by Crippen LogP contribution is -2.43. The van der Waals surface area contributed by atoms with Gasteiger partial charge in [0.05, 0.1) is 10.9 Å². The number of nitrogens with two attached hydrogens (primary N) is 1. The van der Waals surface area contributed by atoms with Crippen LogP contribution in [0.2, 0.25) is 0 Å². The highest BCUT2D eigenvalue weighted by molar-refractivity contribution is 7.80. The molecule has 0 aliphatic carbocycles. The van der Waals surface area contributed by atoms with Gasteiger partial charge in [0.25, 0.3) is 0 Å². The van der Waals surface area contributed by atoms with E-state index in [1.165, 1.54) is 0 Å². The Labute approximate surface area is 91.4 Å². The number of hydrogen-bond acceptors (Lipinski definition) is 2. The fourth-order valence-electron chi connectivity index (χ4n) is 1.01. The van der Waals surface area contributed by atoms with Crippen LogP contribution in [-0.2, 0) is 4.79 Å². The number of carbonyl (C=O) groups excluding carboxylic acids is 1. The van der Waals surface area contributed by atoms with Gasteiger partial charge in [0.15, 0.2) is 0 Å². The van der Waals surface area contributed by atoms with Crippen LogP contribution in [0.5, 0.6) is 0 Å². The van der Waals surface area contributed by atoms with Crippen LogP contribution in [0.15, 0.2) is 0 Å². The molecule has 1 amide bonds. The van der Waals surface area contributed by atoms with Gasteiger partial charge in [-0.3, -0.25) is 4.79 Å². The van der Waals surface area contributed by atoms with Gasteiger partial charge in [0, 0.05) is 6.04 Å². The van der Waals surface area contributed by atoms with Crippen LogP contribution in [0.25, 0.3) is 0 Å². The Morgan fingerprint density at radius 1 is 1.43 bits per heavy atom. The van der Waals surface area contributed by atoms with Crippen molar-refractivity contribution in [3.8, 4) is 0 Å². The van der Waals surface area contributed by atoms with E-state index in [0.29, 0.717) is 12.3 Å². The molecule has 3 N–H and O–H groups in total. The Bertz CT molecular complexity index is 216. The number of amides is 1. The van der Waals surface area contributed by atoms with Gasteiger partial charge in [-0.25, -0.2) is 0 Å². The normalized spacial score (nSPS) is 14.9. The summed E-state index contributed by atoms with van der Waals surface area (Å²) in [5.41, 5.74) is 5.47. The first-order valence-corrected chi connectivity index (χ1v) is 5.40. The molecule has 0 saturated carbocycles. The third-order valence-electron chi connectivity index (χ3n) is 2.44. The summed E-state index contributed by atoms with van der Waals surface area (Å²) in [5.74, 6) is 0.0372. The highest BCUT2D eigenvalue weighted by Gasteiger charge is 2.21. The fourth-order valence-corrected chi connectivity index (χ4v) is 1.28. The van der Waals surface area contributed by atoms with Crippen molar-refractivity contribution in [1.29, 1.82) is 0 Å². The van der Waals surface area contributed by atoms with Crippen molar-refractivity contribution in [3.63, 3.8) is 0 Å². The van der Waals surface area contributed by atoms with Gasteiger partial charge in [0.1, 0.15) is 0 Å². The molecular formula is C10H20N2OS. The molecule has 0 radical (unpaired) electrons. The summed E-state index contributed by atoms with van der Waals surface area (Å²) in [6.45, 7) is 8.01. The third kappa shape index (κ3) is 4.05. The van der Waals surface area contributed by atoms with Crippen LogP contribution in [-0.4, -0.2) is 16.9 Å². The SMILES string of the molecule is CCC(C(=O)NC(C)C(C)C)C(N)=S. The average molecular weight is 216 g/mol. The van der Waals surface area contributed by atoms with E-state index in [4.69, 9.17) is 18.0 Å². The zero-order valence-corrected chi connectivity index (χ0v) is 10.1. The summed E-state index contributed by atoms with van der Waals surface area (Å²) < 4.78 is 0. The van der Waals surface area contributed by atoms with Crippen LogP contribution in [0.1, 0.15) is 34.1 Å². The van der Waals surface area contributed by atoms with Gasteiger partial charge in [-0.2, -0.15) is 0 Å². The van der Waals surface area contributed by atoms with Gasteiger partial charge < -0.3 is 11.1 Å². The van der Waals surface area contributed by atoms with Gasteiger partial charge in [0.2, 0.25) is 5.91 Å². The van der Waals surface area contributed by atoms with E-state index in [0.717, 1.165) is 0 Å². The third-order valence-corrected chi connectivity index (χ3v) is 2.72. The number of thiocarbonyl (C=S) groups is 1. The van der Waals surface area contributed by atoms with Crippen molar-refractivity contribution >= 4 is 23.1 Å². The fraction of sp³-hybridized carbons (Fsp3) is 0.800. The van der Waals surface area contributed by atoms with Crippen molar-refractivity contribution in [3.05, 3.63) is 0 Å². The Morgan fingerprint density at radius 2 is 1.93 bits per heavy atom. The van der Waals surface area contributed by atoms with Crippen molar-refractivity contribution in [2.75, 3.05) is 0 Å². The maximum atomic E-state index is 11.7. The minimum atomic E-state index is -0.328. The second-order valence-electron chi connectivity index (χ2n) is 3.90. The minimum absolute atomic E-state index is 0.0544. The van der Waals surface area contributed by atoms with E-state index in [1.54, 1.807) is 0 Å². The first kappa shape index (κ1) is 13.4. The lowest BCUT2D eigenvalue weighted by atomic mass is 10.0. The van der Waals surface area contributed by atoms with E-state index < -0.39 is 0 Å². The molecule has 0 aromatic rings. The molecule has 0 rings (SSSR count). The van der Waals surface area contributed by atoms with Crippen LogP contribution in [0, 0.1) is 11.8 Å². The lowest BCUT2D eigenvalue weighted by Gasteiger charge is -2.20. The summed E-state index contributed by atoms with van der Waals surface area (Å²) in [6.07, 6.45) is 0.659. The molecular weight excluding hydrogens is 196 g/mol. The van der Waals surface area contributed by atoms with E-state index >= 15 is 0 Å². The molecule has 82 valence electrons. The number of hydrogen-bond donors (Lipinski definition) is 2. The molecule has 14 heavy (non-hydrogen) atoms. The predicted octanol–water partition coefficient (Wildman–Crippen LogP) is 1.46. The summed E-state index contributed by atoms with van der Waals surface area (Å²) in [6, 6.07) is 0.158. The minimum Gasteiger partial charge on any atom is -0.393 e. The van der Waals surface area contributed by atoms with E-state index in [9.17, 15) is 4.79 Å². The number of carbonyl (C=O) groups is 1. The highest BCUT2D eigenvalue weighted by atomic mass is 32.1. The first-order chi connectivity index (χ1) is 6.40. The Hall–Kier alpha value is -0.640. The largest absolute Gasteiger partial charge is 0.393 e. The Balaban J connectivity index is 4.25. The molecule has 4 heteroatoms. The summed E-state index contributed by atoms with van der Waals surface area (Å²) >= 11 is 4.83. The van der Waals surface area contributed by atoms with Crippen LogP contribution < -0.4 is 11.1 Å². The zero-order chi connectivity index (χ0) is 11.3. The van der Waals surface area contributed by atoms with Crippen LogP contribution >= 0.6 is 12.2 Å². The van der Waals surface area contributed by atoms with Crippen LogP contribution in [0.4, 0.5) is 0 Å². The molecule has 3 nitrogen and oxygen atoms in total. The second kappa shape index (κ2) is 5.96. The highest BCUT2D eigenvalue weighted by Crippen LogP contribution is 2.06. The summed E-state index contributed by atoms with van der Waals surface area (Å²) in [4.78, 5) is 11.9. The molecule has 2 unspecified atom stereocenters. The molecule has 0 aliphatic heterocycles. The molecule has 0 fully saturated rings. The summed E-state index contributed by atoms with van der Waals surface area (Å²) in [7, 11) is 0. The number of rotatable bonds is 5. The maximum absolute atomic E-state index is 11.7. The second-order valence-corrected chi connectivity index (χ2v) is 4.38. The smallest absolute Gasteiger partial charge is 0.230 e. The maximum Gasteiger partial charge on any atom is 0.230 e. The van der Waals surface area contributed by atoms with Crippen molar-refractivity contribution in [1.82, 2.24) is 5.32 Å². The van der Waals surface area contributed by atoms with E-state index in [2.05, 4.69) is 19.2 Å². The average Bonchev–Trinajstić information content (AvgIpc) is 2.04. The van der Waals surface area contributed by atoms with Gasteiger partial charge in [-0.1, -0.05) is 33.0 Å². The quantitative estimate of drug-likeness (QED) is 0.684. The van der Waals surface area contributed by atoms with Crippen molar-refractivity contribution in [2.45, 2.75) is 40.2 Å². The molecule has 0 aromatic heterocycles. The molecule has 0 saturated heterocycles. The number of nitrogens with one attached hydrogen (secondary N) is 1. The van der Waals surface area contributed by atoms with Gasteiger partial charge >= 0.3 is 0 Å². The van der Waals surface area contributed by atoms with Gasteiger partial charge in [-0.15, -0.1) is 0 Å². The van der Waals surface area contributed by atoms with Gasteiger partial charge in [-0.05, 0) is 19.3 Å². The molecule has 0 aliphatic rings.